The summed E-state index contributed by atoms with van der Waals surface area (Å²) in [5, 5.41) is 1.38. The molecule has 1 aromatic carbocycles. The minimum Gasteiger partial charge on any atom is -0.436 e. The Hall–Kier alpha value is -0.970. The SMILES string of the molecule is Cc1nc(Sc2ccc(Cl)cc2CCN)oc1C. The molecule has 0 aliphatic heterocycles. The molecule has 0 amide bonds. The van der Waals surface area contributed by atoms with Crippen LogP contribution in [-0.4, -0.2) is 11.5 Å². The lowest BCUT2D eigenvalue weighted by atomic mass is 10.1. The normalized spacial score (nSPS) is 10.9. The molecule has 2 rings (SSSR count). The molecule has 3 nitrogen and oxygen atoms in total. The quantitative estimate of drug-likeness (QED) is 0.931. The Morgan fingerprint density at radius 3 is 2.78 bits per heavy atom. The fourth-order valence-corrected chi connectivity index (χ4v) is 2.74. The molecule has 96 valence electrons. The maximum Gasteiger partial charge on any atom is 0.261 e. The van der Waals surface area contributed by atoms with E-state index in [1.165, 1.54) is 11.8 Å². The maximum absolute atomic E-state index is 6.00. The fourth-order valence-electron chi connectivity index (χ4n) is 1.58. The van der Waals surface area contributed by atoms with Crippen molar-refractivity contribution in [2.24, 2.45) is 5.73 Å². The zero-order valence-corrected chi connectivity index (χ0v) is 11.9. The first-order valence-corrected chi connectivity index (χ1v) is 6.90. The highest BCUT2D eigenvalue weighted by molar-refractivity contribution is 7.99. The van der Waals surface area contributed by atoms with Gasteiger partial charge in [-0.1, -0.05) is 11.6 Å². The van der Waals surface area contributed by atoms with Crippen LogP contribution in [0.5, 0.6) is 0 Å². The lowest BCUT2D eigenvalue weighted by Gasteiger charge is -2.06. The van der Waals surface area contributed by atoms with Crippen molar-refractivity contribution in [3.63, 3.8) is 0 Å². The number of halogens is 1. The third-order valence-corrected chi connectivity index (χ3v) is 3.84. The van der Waals surface area contributed by atoms with Crippen LogP contribution in [0, 0.1) is 13.8 Å². The van der Waals surface area contributed by atoms with Crippen LogP contribution < -0.4 is 5.73 Å². The van der Waals surface area contributed by atoms with Gasteiger partial charge in [0, 0.05) is 9.92 Å². The molecule has 0 unspecified atom stereocenters. The standard InChI is InChI=1S/C13H15ClN2OS/c1-8-9(2)17-13(16-8)18-12-4-3-11(14)7-10(12)5-6-15/h3-4,7H,5-6,15H2,1-2H3. The summed E-state index contributed by atoms with van der Waals surface area (Å²) in [7, 11) is 0. The van der Waals surface area contributed by atoms with Crippen molar-refractivity contribution in [3.8, 4) is 0 Å². The van der Waals surface area contributed by atoms with Crippen molar-refractivity contribution in [1.82, 2.24) is 4.98 Å². The van der Waals surface area contributed by atoms with Gasteiger partial charge < -0.3 is 10.2 Å². The second-order valence-corrected chi connectivity index (χ2v) is 5.44. The lowest BCUT2D eigenvalue weighted by molar-refractivity contribution is 0.431. The molecule has 1 heterocycles. The van der Waals surface area contributed by atoms with E-state index in [9.17, 15) is 0 Å². The molecule has 18 heavy (non-hydrogen) atoms. The topological polar surface area (TPSA) is 52.0 Å². The number of aryl methyl sites for hydroxylation is 2. The van der Waals surface area contributed by atoms with Gasteiger partial charge in [0.15, 0.2) is 0 Å². The highest BCUT2D eigenvalue weighted by Gasteiger charge is 2.10. The minimum atomic E-state index is 0.595. The first-order chi connectivity index (χ1) is 8.60. The Morgan fingerprint density at radius 1 is 1.39 bits per heavy atom. The van der Waals surface area contributed by atoms with Crippen molar-refractivity contribution in [2.45, 2.75) is 30.4 Å². The minimum absolute atomic E-state index is 0.595. The largest absolute Gasteiger partial charge is 0.436 e. The van der Waals surface area contributed by atoms with Gasteiger partial charge in [-0.2, -0.15) is 0 Å². The molecule has 0 radical (unpaired) electrons. The van der Waals surface area contributed by atoms with Gasteiger partial charge >= 0.3 is 0 Å². The van der Waals surface area contributed by atoms with Gasteiger partial charge in [-0.3, -0.25) is 0 Å². The van der Waals surface area contributed by atoms with Crippen LogP contribution >= 0.6 is 23.4 Å². The van der Waals surface area contributed by atoms with Crippen molar-refractivity contribution in [3.05, 3.63) is 40.2 Å². The Bertz CT molecular complexity index is 534. The Labute approximate surface area is 116 Å². The predicted octanol–water partition coefficient (Wildman–Crippen LogP) is 3.60. The van der Waals surface area contributed by atoms with Crippen LogP contribution in [0.1, 0.15) is 17.0 Å². The summed E-state index contributed by atoms with van der Waals surface area (Å²) in [6.45, 7) is 4.44. The van der Waals surface area contributed by atoms with Gasteiger partial charge in [0.25, 0.3) is 5.22 Å². The average molecular weight is 283 g/mol. The molecule has 0 fully saturated rings. The summed E-state index contributed by atoms with van der Waals surface area (Å²) in [6, 6.07) is 5.79. The summed E-state index contributed by atoms with van der Waals surface area (Å²) >= 11 is 7.50. The molecule has 0 saturated heterocycles. The van der Waals surface area contributed by atoms with E-state index in [-0.39, 0.29) is 0 Å². The Morgan fingerprint density at radius 2 is 2.17 bits per heavy atom. The molecule has 5 heteroatoms. The van der Waals surface area contributed by atoms with Crippen molar-refractivity contribution in [1.29, 1.82) is 0 Å². The summed E-state index contributed by atoms with van der Waals surface area (Å²) < 4.78 is 5.57. The van der Waals surface area contributed by atoms with Gasteiger partial charge in [-0.05, 0) is 62.3 Å². The van der Waals surface area contributed by atoms with Crippen LogP contribution in [0.2, 0.25) is 5.02 Å². The Balaban J connectivity index is 2.27. The predicted molar refractivity (Wildman–Crippen MR) is 74.3 cm³/mol. The number of oxazole rings is 1. The second-order valence-electron chi connectivity index (χ2n) is 4.01. The summed E-state index contributed by atoms with van der Waals surface area (Å²) in [6.07, 6.45) is 0.793. The molecule has 0 saturated carbocycles. The van der Waals surface area contributed by atoms with Gasteiger partial charge in [0.2, 0.25) is 0 Å². The van der Waals surface area contributed by atoms with Crippen LogP contribution in [0.15, 0.2) is 32.7 Å². The van der Waals surface area contributed by atoms with Crippen LogP contribution in [0.25, 0.3) is 0 Å². The van der Waals surface area contributed by atoms with Crippen molar-refractivity contribution in [2.75, 3.05) is 6.54 Å². The molecule has 0 spiro atoms. The molecular weight excluding hydrogens is 268 g/mol. The van der Waals surface area contributed by atoms with E-state index < -0.39 is 0 Å². The number of hydrogen-bond donors (Lipinski definition) is 1. The van der Waals surface area contributed by atoms with E-state index in [0.717, 1.165) is 33.4 Å². The number of nitrogens with two attached hydrogens (primary N) is 1. The molecule has 0 aliphatic carbocycles. The molecule has 2 N–H and O–H groups in total. The van der Waals surface area contributed by atoms with E-state index in [2.05, 4.69) is 4.98 Å². The highest BCUT2D eigenvalue weighted by Crippen LogP contribution is 2.32. The summed E-state index contributed by atoms with van der Waals surface area (Å²) in [5.74, 6) is 0.854. The zero-order chi connectivity index (χ0) is 13.1. The second kappa shape index (κ2) is 5.78. The lowest BCUT2D eigenvalue weighted by Crippen LogP contribution is -2.03. The maximum atomic E-state index is 6.00. The van der Waals surface area contributed by atoms with Gasteiger partial charge in [-0.25, -0.2) is 4.98 Å². The molecule has 0 bridgehead atoms. The van der Waals surface area contributed by atoms with Crippen LogP contribution in [0.4, 0.5) is 0 Å². The number of rotatable bonds is 4. The Kier molecular flexibility index (Phi) is 4.32. The number of nitrogens with zero attached hydrogens (tertiary/aromatic N) is 1. The van der Waals surface area contributed by atoms with E-state index in [1.807, 2.05) is 32.0 Å². The van der Waals surface area contributed by atoms with Crippen molar-refractivity contribution < 1.29 is 4.42 Å². The first-order valence-electron chi connectivity index (χ1n) is 5.70. The van der Waals surface area contributed by atoms with E-state index in [1.54, 1.807) is 0 Å². The number of hydrogen-bond acceptors (Lipinski definition) is 4. The molecule has 0 atom stereocenters. The highest BCUT2D eigenvalue weighted by atomic mass is 35.5. The van der Waals surface area contributed by atoms with Crippen molar-refractivity contribution >= 4 is 23.4 Å². The van der Waals surface area contributed by atoms with E-state index in [4.69, 9.17) is 21.8 Å². The average Bonchev–Trinajstić information content (AvgIpc) is 2.62. The van der Waals surface area contributed by atoms with Gasteiger partial charge in [-0.15, -0.1) is 0 Å². The van der Waals surface area contributed by atoms with Gasteiger partial charge in [0.1, 0.15) is 5.76 Å². The summed E-state index contributed by atoms with van der Waals surface area (Å²) in [4.78, 5) is 5.45. The zero-order valence-electron chi connectivity index (χ0n) is 10.4. The smallest absolute Gasteiger partial charge is 0.261 e. The molecule has 2 aromatic rings. The number of aromatic nitrogens is 1. The van der Waals surface area contributed by atoms with Crippen LogP contribution in [0.3, 0.4) is 0 Å². The fraction of sp³-hybridized carbons (Fsp3) is 0.308. The summed E-state index contributed by atoms with van der Waals surface area (Å²) in [5.41, 5.74) is 7.66. The first kappa shape index (κ1) is 13.5. The monoisotopic (exact) mass is 282 g/mol. The van der Waals surface area contributed by atoms with E-state index in [0.29, 0.717) is 11.8 Å². The van der Waals surface area contributed by atoms with E-state index >= 15 is 0 Å². The van der Waals surface area contributed by atoms with Gasteiger partial charge in [0.05, 0.1) is 5.69 Å². The molecule has 1 aromatic heterocycles. The third kappa shape index (κ3) is 3.07. The molecule has 0 aliphatic rings. The van der Waals surface area contributed by atoms with Crippen LogP contribution in [-0.2, 0) is 6.42 Å². The third-order valence-electron chi connectivity index (χ3n) is 2.64. The number of benzene rings is 1. The molecular formula is C13H15ClN2OS.